The molecule has 1 aromatic heterocycles. The summed E-state index contributed by atoms with van der Waals surface area (Å²) in [6.07, 6.45) is 8.01. The Morgan fingerprint density at radius 1 is 1.26 bits per heavy atom. The number of nitrogens with one attached hydrogen (secondary N) is 1. The standard InChI is InChI=1S/C17H29NO/c1-4-12-18-17(16-11-10-13(3)19-16)15-9-7-6-8-14(15)5-2/h10-11,14-15,17-18H,4-9,12H2,1-3H3. The Labute approximate surface area is 118 Å². The zero-order chi connectivity index (χ0) is 13.7. The van der Waals surface area contributed by atoms with Gasteiger partial charge in [-0.3, -0.25) is 0 Å². The quantitative estimate of drug-likeness (QED) is 0.794. The van der Waals surface area contributed by atoms with Crippen molar-refractivity contribution in [3.63, 3.8) is 0 Å². The van der Waals surface area contributed by atoms with E-state index in [4.69, 9.17) is 4.42 Å². The normalized spacial score (nSPS) is 25.4. The first-order valence-electron chi connectivity index (χ1n) is 8.06. The van der Waals surface area contributed by atoms with Gasteiger partial charge in [0.05, 0.1) is 6.04 Å². The van der Waals surface area contributed by atoms with E-state index in [0.717, 1.165) is 29.9 Å². The largest absolute Gasteiger partial charge is 0.465 e. The highest BCUT2D eigenvalue weighted by Crippen LogP contribution is 2.40. The molecule has 1 aliphatic carbocycles. The molecule has 0 aliphatic heterocycles. The molecule has 19 heavy (non-hydrogen) atoms. The fourth-order valence-corrected chi connectivity index (χ4v) is 3.57. The smallest absolute Gasteiger partial charge is 0.121 e. The third-order valence-electron chi connectivity index (χ3n) is 4.60. The lowest BCUT2D eigenvalue weighted by molar-refractivity contribution is 0.160. The van der Waals surface area contributed by atoms with Crippen molar-refractivity contribution in [2.75, 3.05) is 6.54 Å². The average Bonchev–Trinajstić information content (AvgIpc) is 2.86. The SMILES string of the molecule is CCCNC(c1ccc(C)o1)C1CCCCC1CC. The summed E-state index contributed by atoms with van der Waals surface area (Å²) in [6, 6.07) is 4.68. The monoisotopic (exact) mass is 263 g/mol. The predicted octanol–water partition coefficient (Wildman–Crippen LogP) is 4.85. The maximum absolute atomic E-state index is 5.93. The Balaban J connectivity index is 2.15. The van der Waals surface area contributed by atoms with E-state index in [-0.39, 0.29) is 0 Å². The van der Waals surface area contributed by atoms with Gasteiger partial charge in [-0.2, -0.15) is 0 Å². The predicted molar refractivity (Wildman–Crippen MR) is 80.2 cm³/mol. The summed E-state index contributed by atoms with van der Waals surface area (Å²) >= 11 is 0. The minimum absolute atomic E-state index is 0.416. The van der Waals surface area contributed by atoms with Crippen LogP contribution in [0.2, 0.25) is 0 Å². The van der Waals surface area contributed by atoms with Crippen LogP contribution in [0.25, 0.3) is 0 Å². The molecular formula is C17H29NO. The maximum atomic E-state index is 5.93. The van der Waals surface area contributed by atoms with Gasteiger partial charge in [0.2, 0.25) is 0 Å². The van der Waals surface area contributed by atoms with E-state index in [2.05, 4.69) is 31.3 Å². The molecule has 0 saturated heterocycles. The molecular weight excluding hydrogens is 234 g/mol. The molecule has 1 saturated carbocycles. The molecule has 108 valence electrons. The molecule has 3 atom stereocenters. The van der Waals surface area contributed by atoms with E-state index in [1.165, 1.54) is 38.5 Å². The Morgan fingerprint density at radius 2 is 2.05 bits per heavy atom. The lowest BCUT2D eigenvalue weighted by atomic mass is 9.73. The van der Waals surface area contributed by atoms with Crippen LogP contribution in [0.5, 0.6) is 0 Å². The van der Waals surface area contributed by atoms with Gasteiger partial charge in [-0.1, -0.05) is 39.5 Å². The summed E-state index contributed by atoms with van der Waals surface area (Å²) in [5.41, 5.74) is 0. The van der Waals surface area contributed by atoms with Crippen LogP contribution in [-0.2, 0) is 0 Å². The van der Waals surface area contributed by atoms with E-state index in [1.807, 2.05) is 6.92 Å². The summed E-state index contributed by atoms with van der Waals surface area (Å²) in [6.45, 7) is 7.69. The second kappa shape index (κ2) is 7.14. The lowest BCUT2D eigenvalue weighted by Gasteiger charge is -2.36. The zero-order valence-electron chi connectivity index (χ0n) is 12.7. The van der Waals surface area contributed by atoms with E-state index in [0.29, 0.717) is 6.04 Å². The van der Waals surface area contributed by atoms with Gasteiger partial charge in [-0.15, -0.1) is 0 Å². The number of rotatable bonds is 6. The third-order valence-corrected chi connectivity index (χ3v) is 4.60. The summed E-state index contributed by atoms with van der Waals surface area (Å²) in [7, 11) is 0. The van der Waals surface area contributed by atoms with Gasteiger partial charge in [0.25, 0.3) is 0 Å². The fourth-order valence-electron chi connectivity index (χ4n) is 3.57. The third kappa shape index (κ3) is 3.62. The molecule has 0 amide bonds. The summed E-state index contributed by atoms with van der Waals surface area (Å²) in [4.78, 5) is 0. The zero-order valence-corrected chi connectivity index (χ0v) is 12.7. The van der Waals surface area contributed by atoms with Gasteiger partial charge in [-0.05, 0) is 50.3 Å². The summed E-state index contributed by atoms with van der Waals surface area (Å²) in [5, 5.41) is 3.74. The Bertz CT molecular complexity index is 371. The molecule has 2 nitrogen and oxygen atoms in total. The van der Waals surface area contributed by atoms with Gasteiger partial charge >= 0.3 is 0 Å². The van der Waals surface area contributed by atoms with Crippen LogP contribution in [0.15, 0.2) is 16.5 Å². The highest BCUT2D eigenvalue weighted by Gasteiger charge is 2.32. The minimum Gasteiger partial charge on any atom is -0.465 e. The number of furan rings is 1. The van der Waals surface area contributed by atoms with Crippen molar-refractivity contribution in [2.24, 2.45) is 11.8 Å². The topological polar surface area (TPSA) is 25.2 Å². The Morgan fingerprint density at radius 3 is 2.68 bits per heavy atom. The average molecular weight is 263 g/mol. The summed E-state index contributed by atoms with van der Waals surface area (Å²) in [5.74, 6) is 3.78. The van der Waals surface area contributed by atoms with Crippen LogP contribution in [-0.4, -0.2) is 6.54 Å². The van der Waals surface area contributed by atoms with Crippen molar-refractivity contribution in [1.82, 2.24) is 5.32 Å². The van der Waals surface area contributed by atoms with E-state index in [1.54, 1.807) is 0 Å². The van der Waals surface area contributed by atoms with Crippen LogP contribution in [0.4, 0.5) is 0 Å². The van der Waals surface area contributed by atoms with Crippen molar-refractivity contribution < 1.29 is 4.42 Å². The van der Waals surface area contributed by atoms with E-state index < -0.39 is 0 Å². The minimum atomic E-state index is 0.416. The van der Waals surface area contributed by atoms with Crippen molar-refractivity contribution in [1.29, 1.82) is 0 Å². The first kappa shape index (κ1) is 14.6. The van der Waals surface area contributed by atoms with Crippen molar-refractivity contribution in [3.05, 3.63) is 23.7 Å². The summed E-state index contributed by atoms with van der Waals surface area (Å²) < 4.78 is 5.93. The van der Waals surface area contributed by atoms with E-state index >= 15 is 0 Å². The van der Waals surface area contributed by atoms with Crippen LogP contribution < -0.4 is 5.32 Å². The molecule has 1 N–H and O–H groups in total. The Hall–Kier alpha value is -0.760. The molecule has 0 bridgehead atoms. The Kier molecular flexibility index (Phi) is 5.50. The van der Waals surface area contributed by atoms with Gasteiger partial charge in [-0.25, -0.2) is 0 Å². The number of hydrogen-bond acceptors (Lipinski definition) is 2. The second-order valence-electron chi connectivity index (χ2n) is 6.00. The molecule has 0 spiro atoms. The molecule has 0 aromatic carbocycles. The van der Waals surface area contributed by atoms with E-state index in [9.17, 15) is 0 Å². The fraction of sp³-hybridized carbons (Fsp3) is 0.765. The second-order valence-corrected chi connectivity index (χ2v) is 6.00. The first-order chi connectivity index (χ1) is 9.26. The first-order valence-corrected chi connectivity index (χ1v) is 8.06. The van der Waals surface area contributed by atoms with Gasteiger partial charge in [0, 0.05) is 0 Å². The van der Waals surface area contributed by atoms with Gasteiger partial charge in [0.15, 0.2) is 0 Å². The highest BCUT2D eigenvalue weighted by molar-refractivity contribution is 5.11. The van der Waals surface area contributed by atoms with Gasteiger partial charge in [0.1, 0.15) is 11.5 Å². The van der Waals surface area contributed by atoms with Crippen molar-refractivity contribution in [2.45, 2.75) is 65.3 Å². The van der Waals surface area contributed by atoms with Crippen LogP contribution in [0.3, 0.4) is 0 Å². The molecule has 2 heteroatoms. The van der Waals surface area contributed by atoms with Crippen LogP contribution in [0, 0.1) is 18.8 Å². The van der Waals surface area contributed by atoms with Crippen LogP contribution in [0.1, 0.15) is 69.9 Å². The lowest BCUT2D eigenvalue weighted by Crippen LogP contribution is -2.34. The molecule has 0 radical (unpaired) electrons. The molecule has 3 unspecified atom stereocenters. The van der Waals surface area contributed by atoms with Crippen molar-refractivity contribution >= 4 is 0 Å². The molecule has 2 rings (SSSR count). The van der Waals surface area contributed by atoms with Crippen LogP contribution >= 0.6 is 0 Å². The highest BCUT2D eigenvalue weighted by atomic mass is 16.3. The van der Waals surface area contributed by atoms with Gasteiger partial charge < -0.3 is 9.73 Å². The number of hydrogen-bond donors (Lipinski definition) is 1. The van der Waals surface area contributed by atoms with Crippen molar-refractivity contribution in [3.8, 4) is 0 Å². The molecule has 1 fully saturated rings. The molecule has 1 aromatic rings. The molecule has 1 aliphatic rings. The maximum Gasteiger partial charge on any atom is 0.121 e. The number of aryl methyl sites for hydroxylation is 1. The molecule has 1 heterocycles.